The van der Waals surface area contributed by atoms with Crippen molar-refractivity contribution < 1.29 is 4.79 Å². The van der Waals surface area contributed by atoms with Gasteiger partial charge in [-0.3, -0.25) is 14.4 Å². The summed E-state index contributed by atoms with van der Waals surface area (Å²) < 4.78 is 1.62. The van der Waals surface area contributed by atoms with Crippen LogP contribution >= 0.6 is 15.9 Å². The molecule has 0 aliphatic heterocycles. The van der Waals surface area contributed by atoms with Crippen LogP contribution in [0.1, 0.15) is 10.4 Å². The van der Waals surface area contributed by atoms with E-state index in [0.29, 0.717) is 10.0 Å². The number of H-pyrrole nitrogens is 1. The van der Waals surface area contributed by atoms with Gasteiger partial charge in [-0.15, -0.1) is 0 Å². The number of aromatic amines is 1. The van der Waals surface area contributed by atoms with Crippen molar-refractivity contribution in [2.45, 2.75) is 0 Å². The van der Waals surface area contributed by atoms with Crippen molar-refractivity contribution in [1.82, 2.24) is 9.55 Å². The fourth-order valence-electron chi connectivity index (χ4n) is 1.47. The summed E-state index contributed by atoms with van der Waals surface area (Å²) in [6.45, 7) is 0. The number of aryl methyl sites for hydroxylation is 1. The van der Waals surface area contributed by atoms with Crippen LogP contribution in [-0.4, -0.2) is 15.5 Å². The number of rotatable bonds is 2. The van der Waals surface area contributed by atoms with E-state index in [1.807, 2.05) is 0 Å². The Labute approximate surface area is 116 Å². The molecule has 0 aliphatic rings. The highest BCUT2D eigenvalue weighted by Gasteiger charge is 2.10. The first-order valence-corrected chi connectivity index (χ1v) is 6.13. The van der Waals surface area contributed by atoms with Crippen LogP contribution in [0, 0.1) is 0 Å². The Hall–Kier alpha value is -2.15. The van der Waals surface area contributed by atoms with Gasteiger partial charge in [0.1, 0.15) is 5.69 Å². The molecule has 0 bridgehead atoms. The predicted octanol–water partition coefficient (Wildman–Crippen LogP) is 1.09. The Morgan fingerprint density at radius 3 is 2.74 bits per heavy atom. The molecule has 2 rings (SSSR count). The number of aromatic nitrogens is 2. The van der Waals surface area contributed by atoms with E-state index < -0.39 is 5.91 Å². The highest BCUT2D eigenvalue weighted by molar-refractivity contribution is 9.10. The lowest BCUT2D eigenvalue weighted by Gasteiger charge is -2.05. The van der Waals surface area contributed by atoms with E-state index in [-0.39, 0.29) is 16.7 Å². The van der Waals surface area contributed by atoms with E-state index >= 15 is 0 Å². The molecular weight excluding hydrogens is 314 g/mol. The number of nitrogens with zero attached hydrogens (tertiary/aromatic N) is 1. The Kier molecular flexibility index (Phi) is 3.66. The lowest BCUT2D eigenvalue weighted by molar-refractivity contribution is 0.102. The molecule has 2 heterocycles. The summed E-state index contributed by atoms with van der Waals surface area (Å²) in [6, 6.07) is 2.70. The molecule has 2 N–H and O–H groups in total. The van der Waals surface area contributed by atoms with E-state index in [1.54, 1.807) is 7.05 Å². The molecule has 2 aromatic heterocycles. The maximum absolute atomic E-state index is 11.9. The molecular formula is C12H10BrN3O3. The zero-order chi connectivity index (χ0) is 14.0. The van der Waals surface area contributed by atoms with Gasteiger partial charge in [-0.05, 0) is 22.0 Å². The van der Waals surface area contributed by atoms with Crippen LogP contribution in [0.4, 0.5) is 5.69 Å². The molecule has 0 fully saturated rings. The fraction of sp³-hybridized carbons (Fsp3) is 0.0833. The molecule has 98 valence electrons. The topological polar surface area (TPSA) is 84.0 Å². The standard InChI is InChI=1S/C12H10BrN3O3/c1-16-6-7(2-3-10(16)17)12(19)15-9-5-14-4-8(13)11(9)18/h2-6H,1H3,(H,14,18)(H,15,19). The molecule has 1 amide bonds. The largest absolute Gasteiger partial charge is 0.365 e. The molecule has 0 unspecified atom stereocenters. The lowest BCUT2D eigenvalue weighted by atomic mass is 10.2. The summed E-state index contributed by atoms with van der Waals surface area (Å²) in [6.07, 6.45) is 4.28. The van der Waals surface area contributed by atoms with Crippen LogP contribution in [0.2, 0.25) is 0 Å². The Morgan fingerprint density at radius 1 is 1.32 bits per heavy atom. The van der Waals surface area contributed by atoms with Gasteiger partial charge in [0.2, 0.25) is 11.0 Å². The molecule has 0 saturated carbocycles. The molecule has 0 radical (unpaired) electrons. The monoisotopic (exact) mass is 323 g/mol. The maximum atomic E-state index is 11.9. The summed E-state index contributed by atoms with van der Waals surface area (Å²) >= 11 is 3.07. The number of anilines is 1. The molecule has 6 nitrogen and oxygen atoms in total. The third-order valence-corrected chi connectivity index (χ3v) is 3.08. The smallest absolute Gasteiger partial charge is 0.257 e. The molecule has 19 heavy (non-hydrogen) atoms. The Bertz CT molecular complexity index is 748. The van der Waals surface area contributed by atoms with Crippen LogP contribution in [-0.2, 0) is 7.05 Å². The van der Waals surface area contributed by atoms with Gasteiger partial charge < -0.3 is 14.9 Å². The first-order chi connectivity index (χ1) is 8.99. The van der Waals surface area contributed by atoms with Gasteiger partial charge >= 0.3 is 0 Å². The summed E-state index contributed by atoms with van der Waals surface area (Å²) in [7, 11) is 1.55. The number of hydrogen-bond donors (Lipinski definition) is 2. The first kappa shape index (κ1) is 13.3. The second kappa shape index (κ2) is 5.23. The van der Waals surface area contributed by atoms with E-state index in [0.717, 1.165) is 0 Å². The molecule has 0 spiro atoms. The molecule has 0 aliphatic carbocycles. The molecule has 0 atom stereocenters. The van der Waals surface area contributed by atoms with Gasteiger partial charge in [0.15, 0.2) is 0 Å². The van der Waals surface area contributed by atoms with E-state index in [4.69, 9.17) is 0 Å². The van der Waals surface area contributed by atoms with Gasteiger partial charge in [0.05, 0.1) is 10.0 Å². The third kappa shape index (κ3) is 2.82. The van der Waals surface area contributed by atoms with Crippen LogP contribution in [0.5, 0.6) is 0 Å². The number of halogens is 1. The van der Waals surface area contributed by atoms with Crippen LogP contribution in [0.15, 0.2) is 44.8 Å². The van der Waals surface area contributed by atoms with Crippen molar-refractivity contribution in [1.29, 1.82) is 0 Å². The predicted molar refractivity (Wildman–Crippen MR) is 74.4 cm³/mol. The number of hydrogen-bond acceptors (Lipinski definition) is 3. The Morgan fingerprint density at radius 2 is 2.05 bits per heavy atom. The second-order valence-electron chi connectivity index (χ2n) is 3.87. The zero-order valence-corrected chi connectivity index (χ0v) is 11.5. The molecule has 7 heteroatoms. The van der Waals surface area contributed by atoms with Gasteiger partial charge in [0.25, 0.3) is 5.91 Å². The number of pyridine rings is 2. The quantitative estimate of drug-likeness (QED) is 0.867. The van der Waals surface area contributed by atoms with Crippen LogP contribution in [0.3, 0.4) is 0 Å². The molecule has 0 aromatic carbocycles. The lowest BCUT2D eigenvalue weighted by Crippen LogP contribution is -2.22. The fourth-order valence-corrected chi connectivity index (χ4v) is 1.82. The van der Waals surface area contributed by atoms with Gasteiger partial charge in [0, 0.05) is 31.7 Å². The zero-order valence-electron chi connectivity index (χ0n) is 9.94. The third-order valence-electron chi connectivity index (χ3n) is 2.50. The minimum absolute atomic E-state index is 0.133. The SMILES string of the molecule is Cn1cc(C(=O)Nc2c[nH]cc(Br)c2=O)ccc1=O. The summed E-state index contributed by atoms with van der Waals surface area (Å²) in [4.78, 5) is 37.6. The number of nitrogens with one attached hydrogen (secondary N) is 2. The van der Waals surface area contributed by atoms with Gasteiger partial charge in [-0.2, -0.15) is 0 Å². The van der Waals surface area contributed by atoms with Crippen molar-refractivity contribution in [2.75, 3.05) is 5.32 Å². The summed E-state index contributed by atoms with van der Waals surface area (Å²) in [5.74, 6) is -0.459. The van der Waals surface area contributed by atoms with Gasteiger partial charge in [-0.1, -0.05) is 0 Å². The second-order valence-corrected chi connectivity index (χ2v) is 4.72. The van der Waals surface area contributed by atoms with Crippen molar-refractivity contribution in [3.8, 4) is 0 Å². The average Bonchev–Trinajstić information content (AvgIpc) is 2.38. The van der Waals surface area contributed by atoms with E-state index in [1.165, 1.54) is 35.3 Å². The van der Waals surface area contributed by atoms with Crippen LogP contribution in [0.25, 0.3) is 0 Å². The normalized spacial score (nSPS) is 10.2. The minimum atomic E-state index is -0.459. The number of carbonyl (C=O) groups is 1. The minimum Gasteiger partial charge on any atom is -0.365 e. The van der Waals surface area contributed by atoms with Crippen molar-refractivity contribution in [3.05, 3.63) is 61.3 Å². The highest BCUT2D eigenvalue weighted by Crippen LogP contribution is 2.07. The first-order valence-electron chi connectivity index (χ1n) is 5.33. The number of amides is 1. The van der Waals surface area contributed by atoms with Crippen molar-refractivity contribution >= 4 is 27.5 Å². The van der Waals surface area contributed by atoms with Crippen molar-refractivity contribution in [2.24, 2.45) is 7.05 Å². The molecule has 0 saturated heterocycles. The average molecular weight is 324 g/mol. The van der Waals surface area contributed by atoms with E-state index in [9.17, 15) is 14.4 Å². The maximum Gasteiger partial charge on any atom is 0.257 e. The van der Waals surface area contributed by atoms with Gasteiger partial charge in [-0.25, -0.2) is 0 Å². The van der Waals surface area contributed by atoms with Crippen LogP contribution < -0.4 is 16.3 Å². The van der Waals surface area contributed by atoms with E-state index in [2.05, 4.69) is 26.2 Å². The summed E-state index contributed by atoms with van der Waals surface area (Å²) in [5, 5.41) is 2.49. The number of carbonyl (C=O) groups excluding carboxylic acids is 1. The summed E-state index contributed by atoms with van der Waals surface area (Å²) in [5.41, 5.74) is -0.108. The molecule has 2 aromatic rings. The Balaban J connectivity index is 2.31. The van der Waals surface area contributed by atoms with Crippen molar-refractivity contribution in [3.63, 3.8) is 0 Å². The highest BCUT2D eigenvalue weighted by atomic mass is 79.9.